The molecule has 2 N–H and O–H groups in total. The molecule has 0 radical (unpaired) electrons. The lowest BCUT2D eigenvalue weighted by Gasteiger charge is -2.17. The van der Waals surface area contributed by atoms with Crippen LogP contribution >= 0.6 is 11.3 Å². The molecule has 0 aliphatic rings. The van der Waals surface area contributed by atoms with Crippen molar-refractivity contribution in [2.45, 2.75) is 26.8 Å². The van der Waals surface area contributed by atoms with Crippen molar-refractivity contribution in [3.63, 3.8) is 0 Å². The van der Waals surface area contributed by atoms with Crippen LogP contribution in [0.2, 0.25) is 0 Å². The second kappa shape index (κ2) is 8.00. The van der Waals surface area contributed by atoms with Crippen LogP contribution in [0.15, 0.2) is 57.7 Å². The molecule has 1 unspecified atom stereocenters. The van der Waals surface area contributed by atoms with Crippen molar-refractivity contribution in [2.24, 2.45) is 0 Å². The van der Waals surface area contributed by atoms with Gasteiger partial charge in [-0.15, -0.1) is 11.3 Å². The molecule has 0 saturated heterocycles. The summed E-state index contributed by atoms with van der Waals surface area (Å²) in [5.41, 5.74) is 2.13. The van der Waals surface area contributed by atoms with E-state index in [-0.39, 0.29) is 28.4 Å². The summed E-state index contributed by atoms with van der Waals surface area (Å²) in [5, 5.41) is 12.7. The fourth-order valence-corrected chi connectivity index (χ4v) is 4.92. The summed E-state index contributed by atoms with van der Waals surface area (Å²) < 4.78 is 21.0. The molecule has 1 atom stereocenters. The summed E-state index contributed by atoms with van der Waals surface area (Å²) >= 11 is 1.32. The van der Waals surface area contributed by atoms with Gasteiger partial charge in [0.15, 0.2) is 5.58 Å². The SMILES string of the molecule is Cc1sc2c(=O)c(C)c(-c3ccccc3F)oc2c1C(C)Nc1ccccc1C(=O)O. The third kappa shape index (κ3) is 3.61. The molecule has 0 saturated carbocycles. The first-order valence-corrected chi connectivity index (χ1v) is 10.5. The second-order valence-electron chi connectivity index (χ2n) is 7.31. The number of hydrogen-bond acceptors (Lipinski definition) is 5. The van der Waals surface area contributed by atoms with Gasteiger partial charge in [0.05, 0.1) is 17.2 Å². The maximum absolute atomic E-state index is 14.4. The van der Waals surface area contributed by atoms with Crippen LogP contribution in [0.1, 0.15) is 39.3 Å². The minimum Gasteiger partial charge on any atom is -0.478 e. The molecule has 0 amide bonds. The Labute approximate surface area is 181 Å². The normalized spacial score (nSPS) is 12.1. The molecule has 0 aliphatic carbocycles. The first-order chi connectivity index (χ1) is 14.8. The molecule has 31 heavy (non-hydrogen) atoms. The van der Waals surface area contributed by atoms with Crippen LogP contribution in [-0.2, 0) is 0 Å². The Hall–Kier alpha value is -3.45. The molecule has 2 heterocycles. The van der Waals surface area contributed by atoms with E-state index in [9.17, 15) is 19.1 Å². The quantitative estimate of drug-likeness (QED) is 0.392. The van der Waals surface area contributed by atoms with Gasteiger partial charge in [-0.3, -0.25) is 4.79 Å². The number of thiophene rings is 1. The van der Waals surface area contributed by atoms with Crippen LogP contribution in [-0.4, -0.2) is 11.1 Å². The zero-order chi connectivity index (χ0) is 22.3. The number of carboxylic acid groups (broad SMARTS) is 1. The standard InChI is InChI=1S/C24H20FNO4S/c1-12-20(27)23-22(30-21(12)15-8-4-6-10-17(15)25)19(14(3)31-23)13(2)26-18-11-7-5-9-16(18)24(28)29/h4-11,13,26H,1-3H3,(H,28,29). The molecular weight excluding hydrogens is 417 g/mol. The van der Waals surface area contributed by atoms with Gasteiger partial charge in [-0.2, -0.15) is 0 Å². The minimum absolute atomic E-state index is 0.149. The minimum atomic E-state index is -1.04. The summed E-state index contributed by atoms with van der Waals surface area (Å²) in [7, 11) is 0. The number of aryl methyl sites for hydroxylation is 1. The maximum atomic E-state index is 14.4. The number of nitrogens with one attached hydrogen (secondary N) is 1. The van der Waals surface area contributed by atoms with Gasteiger partial charge in [0, 0.05) is 21.7 Å². The monoisotopic (exact) mass is 437 g/mol. The molecular formula is C24H20FNO4S. The summed E-state index contributed by atoms with van der Waals surface area (Å²) in [5.74, 6) is -1.30. The predicted molar refractivity (Wildman–Crippen MR) is 121 cm³/mol. The Morgan fingerprint density at radius 2 is 1.81 bits per heavy atom. The Bertz CT molecular complexity index is 1370. The molecule has 0 fully saturated rings. The molecule has 0 aliphatic heterocycles. The lowest BCUT2D eigenvalue weighted by atomic mass is 10.0. The number of halogens is 1. The van der Waals surface area contributed by atoms with Crippen LogP contribution in [0, 0.1) is 19.7 Å². The van der Waals surface area contributed by atoms with Crippen molar-refractivity contribution >= 4 is 33.3 Å². The van der Waals surface area contributed by atoms with E-state index in [1.54, 1.807) is 43.3 Å². The molecule has 2 aromatic carbocycles. The highest BCUT2D eigenvalue weighted by atomic mass is 32.1. The molecule has 158 valence electrons. The zero-order valence-corrected chi connectivity index (χ0v) is 18.0. The summed E-state index contributed by atoms with van der Waals surface area (Å²) in [6.07, 6.45) is 0. The van der Waals surface area contributed by atoms with Gasteiger partial charge < -0.3 is 14.8 Å². The van der Waals surface area contributed by atoms with E-state index in [0.717, 1.165) is 10.4 Å². The van der Waals surface area contributed by atoms with Crippen molar-refractivity contribution < 1.29 is 18.7 Å². The van der Waals surface area contributed by atoms with Crippen molar-refractivity contribution in [3.05, 3.63) is 86.1 Å². The van der Waals surface area contributed by atoms with E-state index in [1.165, 1.54) is 23.5 Å². The fourth-order valence-electron chi connectivity index (χ4n) is 3.74. The Kier molecular flexibility index (Phi) is 5.37. The van der Waals surface area contributed by atoms with Gasteiger partial charge in [-0.05, 0) is 45.0 Å². The average molecular weight is 437 g/mol. The smallest absolute Gasteiger partial charge is 0.337 e. The third-order valence-corrected chi connectivity index (χ3v) is 6.36. The Balaban J connectivity index is 1.88. The van der Waals surface area contributed by atoms with Crippen LogP contribution in [0.4, 0.5) is 10.1 Å². The van der Waals surface area contributed by atoms with Gasteiger partial charge in [-0.25, -0.2) is 9.18 Å². The Morgan fingerprint density at radius 1 is 1.13 bits per heavy atom. The van der Waals surface area contributed by atoms with Crippen molar-refractivity contribution in [1.29, 1.82) is 0 Å². The van der Waals surface area contributed by atoms with Gasteiger partial charge >= 0.3 is 5.97 Å². The summed E-state index contributed by atoms with van der Waals surface area (Å²) in [6, 6.07) is 12.4. The number of fused-ring (bicyclic) bond motifs is 1. The fraction of sp³-hybridized carbons (Fsp3) is 0.167. The molecule has 0 spiro atoms. The van der Waals surface area contributed by atoms with E-state index in [0.29, 0.717) is 21.5 Å². The first kappa shape index (κ1) is 20.8. The lowest BCUT2D eigenvalue weighted by molar-refractivity contribution is 0.0698. The number of aromatic carboxylic acids is 1. The topological polar surface area (TPSA) is 79.5 Å². The largest absolute Gasteiger partial charge is 0.478 e. The van der Waals surface area contributed by atoms with Crippen LogP contribution in [0.25, 0.3) is 21.6 Å². The number of anilines is 1. The van der Waals surface area contributed by atoms with Crippen molar-refractivity contribution in [3.8, 4) is 11.3 Å². The van der Waals surface area contributed by atoms with Gasteiger partial charge in [0.1, 0.15) is 16.3 Å². The molecule has 5 nitrogen and oxygen atoms in total. The van der Waals surface area contributed by atoms with Crippen LogP contribution in [0.3, 0.4) is 0 Å². The van der Waals surface area contributed by atoms with E-state index in [1.807, 2.05) is 13.8 Å². The second-order valence-corrected chi connectivity index (χ2v) is 8.54. The molecule has 7 heteroatoms. The third-order valence-electron chi connectivity index (χ3n) is 5.26. The number of rotatable bonds is 5. The highest BCUT2D eigenvalue weighted by Crippen LogP contribution is 2.38. The number of carbonyl (C=O) groups is 1. The van der Waals surface area contributed by atoms with E-state index < -0.39 is 11.8 Å². The number of benzene rings is 2. The number of carboxylic acids is 1. The Morgan fingerprint density at radius 3 is 2.52 bits per heavy atom. The summed E-state index contributed by atoms with van der Waals surface area (Å²) in [4.78, 5) is 25.5. The number of hydrogen-bond donors (Lipinski definition) is 2. The van der Waals surface area contributed by atoms with Crippen molar-refractivity contribution in [1.82, 2.24) is 0 Å². The predicted octanol–water partition coefficient (Wildman–Crippen LogP) is 6.15. The molecule has 2 aromatic heterocycles. The van der Waals surface area contributed by atoms with Gasteiger partial charge in [0.25, 0.3) is 0 Å². The van der Waals surface area contributed by atoms with Gasteiger partial charge in [0.2, 0.25) is 5.43 Å². The molecule has 0 bridgehead atoms. The average Bonchev–Trinajstić information content (AvgIpc) is 3.07. The van der Waals surface area contributed by atoms with Gasteiger partial charge in [-0.1, -0.05) is 24.3 Å². The maximum Gasteiger partial charge on any atom is 0.337 e. The van der Waals surface area contributed by atoms with Crippen LogP contribution < -0.4 is 10.7 Å². The molecule has 4 aromatic rings. The highest BCUT2D eigenvalue weighted by molar-refractivity contribution is 7.19. The highest BCUT2D eigenvalue weighted by Gasteiger charge is 2.24. The van der Waals surface area contributed by atoms with E-state index >= 15 is 0 Å². The van der Waals surface area contributed by atoms with E-state index in [4.69, 9.17) is 4.42 Å². The molecule has 4 rings (SSSR count). The first-order valence-electron chi connectivity index (χ1n) is 9.70. The summed E-state index contributed by atoms with van der Waals surface area (Å²) in [6.45, 7) is 5.39. The van der Waals surface area contributed by atoms with Crippen molar-refractivity contribution in [2.75, 3.05) is 5.32 Å². The lowest BCUT2D eigenvalue weighted by Crippen LogP contribution is -2.12. The van der Waals surface area contributed by atoms with Crippen LogP contribution in [0.5, 0.6) is 0 Å². The zero-order valence-electron chi connectivity index (χ0n) is 17.2. The number of para-hydroxylation sites is 1. The van der Waals surface area contributed by atoms with E-state index in [2.05, 4.69) is 5.32 Å².